The molecule has 3 rings (SSSR count). The van der Waals surface area contributed by atoms with Gasteiger partial charge in [-0.25, -0.2) is 0 Å². The number of rotatable bonds is 1. The lowest BCUT2D eigenvalue weighted by Crippen LogP contribution is -2.61. The van der Waals surface area contributed by atoms with Gasteiger partial charge in [0.2, 0.25) is 0 Å². The first-order valence-electron chi connectivity index (χ1n) is 7.31. The number of anilines is 1. The SMILES string of the molecule is Cc1c(N2[C@@H]3CC(O)[C@@]2(O)C[C@@](C)(O)C3)ccc(C#N)c1Cl. The van der Waals surface area contributed by atoms with Crippen LogP contribution in [0.2, 0.25) is 5.02 Å². The third kappa shape index (κ3) is 2.10. The molecule has 1 aromatic rings. The summed E-state index contributed by atoms with van der Waals surface area (Å²) < 4.78 is 0. The van der Waals surface area contributed by atoms with Crippen LogP contribution in [0, 0.1) is 18.3 Å². The molecule has 6 heteroatoms. The van der Waals surface area contributed by atoms with E-state index in [2.05, 4.69) is 0 Å². The Balaban J connectivity index is 2.11. The zero-order chi connectivity index (χ0) is 16.3. The molecule has 2 heterocycles. The maximum absolute atomic E-state index is 11.0. The molecule has 1 aromatic carbocycles. The van der Waals surface area contributed by atoms with E-state index in [1.165, 1.54) is 0 Å². The molecule has 2 fully saturated rings. The smallest absolute Gasteiger partial charge is 0.167 e. The van der Waals surface area contributed by atoms with Gasteiger partial charge in [0.1, 0.15) is 12.2 Å². The van der Waals surface area contributed by atoms with E-state index in [-0.39, 0.29) is 12.5 Å². The van der Waals surface area contributed by atoms with E-state index in [0.717, 1.165) is 0 Å². The molecule has 5 nitrogen and oxygen atoms in total. The van der Waals surface area contributed by atoms with Crippen molar-refractivity contribution in [2.24, 2.45) is 0 Å². The summed E-state index contributed by atoms with van der Waals surface area (Å²) in [6.45, 7) is 3.47. The normalized spacial score (nSPS) is 37.2. The molecular weight excluding hydrogens is 304 g/mol. The van der Waals surface area contributed by atoms with E-state index >= 15 is 0 Å². The lowest BCUT2D eigenvalue weighted by molar-refractivity contribution is -0.114. The first-order chi connectivity index (χ1) is 10.2. The molecule has 0 aliphatic carbocycles. The van der Waals surface area contributed by atoms with E-state index in [9.17, 15) is 15.3 Å². The van der Waals surface area contributed by atoms with Crippen molar-refractivity contribution in [3.05, 3.63) is 28.3 Å². The summed E-state index contributed by atoms with van der Waals surface area (Å²) >= 11 is 6.23. The molecular formula is C16H19ClN2O3. The molecule has 1 unspecified atom stereocenters. The summed E-state index contributed by atoms with van der Waals surface area (Å²) in [6.07, 6.45) is -0.0118. The van der Waals surface area contributed by atoms with Gasteiger partial charge in [-0.3, -0.25) is 0 Å². The van der Waals surface area contributed by atoms with Gasteiger partial charge in [0, 0.05) is 18.2 Å². The van der Waals surface area contributed by atoms with Crippen molar-refractivity contribution in [2.75, 3.05) is 4.90 Å². The topological polar surface area (TPSA) is 87.7 Å². The van der Waals surface area contributed by atoms with Gasteiger partial charge < -0.3 is 20.2 Å². The number of nitrogens with zero attached hydrogens (tertiary/aromatic N) is 2. The van der Waals surface area contributed by atoms with Crippen LogP contribution in [0.1, 0.15) is 37.3 Å². The van der Waals surface area contributed by atoms with Gasteiger partial charge in [0.25, 0.3) is 0 Å². The largest absolute Gasteiger partial charge is 0.390 e. The molecule has 0 aromatic heterocycles. The highest BCUT2D eigenvalue weighted by Gasteiger charge is 2.59. The van der Waals surface area contributed by atoms with E-state index in [1.807, 2.05) is 6.07 Å². The van der Waals surface area contributed by atoms with Crippen LogP contribution in [0.5, 0.6) is 0 Å². The lowest BCUT2D eigenvalue weighted by atomic mass is 9.85. The van der Waals surface area contributed by atoms with Crippen molar-refractivity contribution in [3.63, 3.8) is 0 Å². The minimum Gasteiger partial charge on any atom is -0.390 e. The number of aliphatic hydroxyl groups is 3. The Bertz CT molecular complexity index is 670. The summed E-state index contributed by atoms with van der Waals surface area (Å²) in [5, 5.41) is 41.0. The fourth-order valence-corrected chi connectivity index (χ4v) is 4.18. The zero-order valence-corrected chi connectivity index (χ0v) is 13.3. The fourth-order valence-electron chi connectivity index (χ4n) is 3.97. The maximum Gasteiger partial charge on any atom is 0.167 e. The highest BCUT2D eigenvalue weighted by molar-refractivity contribution is 6.32. The highest BCUT2D eigenvalue weighted by Crippen LogP contribution is 2.50. The Hall–Kier alpha value is -1.32. The predicted octanol–water partition coefficient (Wildman–Crippen LogP) is 1.69. The number of piperidine rings is 1. The van der Waals surface area contributed by atoms with Crippen molar-refractivity contribution in [1.29, 1.82) is 5.26 Å². The third-order valence-electron chi connectivity index (χ3n) is 4.87. The Morgan fingerprint density at radius 3 is 2.68 bits per heavy atom. The summed E-state index contributed by atoms with van der Waals surface area (Å²) in [5.41, 5.74) is -0.762. The van der Waals surface area contributed by atoms with E-state index in [1.54, 1.807) is 30.9 Å². The number of benzene rings is 1. The second-order valence-electron chi connectivity index (χ2n) is 6.71. The number of hydrogen-bond donors (Lipinski definition) is 3. The third-order valence-corrected chi connectivity index (χ3v) is 5.35. The van der Waals surface area contributed by atoms with Crippen LogP contribution in [-0.4, -0.2) is 38.8 Å². The van der Waals surface area contributed by atoms with Crippen LogP contribution < -0.4 is 4.90 Å². The molecule has 2 bridgehead atoms. The molecule has 0 saturated carbocycles. The first-order valence-corrected chi connectivity index (χ1v) is 7.69. The molecule has 2 aliphatic heterocycles. The minimum atomic E-state index is -1.52. The summed E-state index contributed by atoms with van der Waals surface area (Å²) in [7, 11) is 0. The van der Waals surface area contributed by atoms with Crippen LogP contribution in [0.4, 0.5) is 5.69 Å². The van der Waals surface area contributed by atoms with Crippen LogP contribution >= 0.6 is 11.6 Å². The van der Waals surface area contributed by atoms with Crippen LogP contribution in [0.25, 0.3) is 0 Å². The Morgan fingerprint density at radius 2 is 2.09 bits per heavy atom. The van der Waals surface area contributed by atoms with E-state index < -0.39 is 17.4 Å². The van der Waals surface area contributed by atoms with Gasteiger partial charge in [0.05, 0.1) is 16.2 Å². The van der Waals surface area contributed by atoms with Crippen LogP contribution in [0.3, 0.4) is 0 Å². The van der Waals surface area contributed by atoms with Gasteiger partial charge in [-0.1, -0.05) is 11.6 Å². The average Bonchev–Trinajstić information content (AvgIpc) is 2.57. The monoisotopic (exact) mass is 322 g/mol. The molecule has 0 spiro atoms. The van der Waals surface area contributed by atoms with Crippen molar-refractivity contribution in [3.8, 4) is 6.07 Å². The van der Waals surface area contributed by atoms with Crippen molar-refractivity contribution in [2.45, 2.75) is 56.6 Å². The number of halogens is 1. The molecule has 118 valence electrons. The average molecular weight is 323 g/mol. The maximum atomic E-state index is 11.0. The molecule has 0 amide bonds. The van der Waals surface area contributed by atoms with Gasteiger partial charge in [-0.2, -0.15) is 5.26 Å². The Labute approximate surface area is 134 Å². The van der Waals surface area contributed by atoms with Gasteiger partial charge >= 0.3 is 0 Å². The molecule has 0 radical (unpaired) electrons. The minimum absolute atomic E-state index is 0.0642. The summed E-state index contributed by atoms with van der Waals surface area (Å²) in [5.74, 6) is 0. The van der Waals surface area contributed by atoms with Crippen LogP contribution in [0.15, 0.2) is 12.1 Å². The first kappa shape index (κ1) is 15.6. The van der Waals surface area contributed by atoms with Crippen molar-refractivity contribution in [1.82, 2.24) is 0 Å². The van der Waals surface area contributed by atoms with Crippen LogP contribution in [-0.2, 0) is 0 Å². The van der Waals surface area contributed by atoms with Crippen molar-refractivity contribution >= 4 is 17.3 Å². The highest BCUT2D eigenvalue weighted by atomic mass is 35.5. The van der Waals surface area contributed by atoms with Gasteiger partial charge in [-0.05, 0) is 44.4 Å². The van der Waals surface area contributed by atoms with E-state index in [4.69, 9.17) is 16.9 Å². The molecule has 4 atom stereocenters. The second kappa shape index (κ2) is 4.84. The number of fused-ring (bicyclic) bond motifs is 2. The summed E-state index contributed by atoms with van der Waals surface area (Å²) in [4.78, 5) is 1.76. The lowest BCUT2D eigenvalue weighted by Gasteiger charge is -2.49. The standard InChI is InChI=1S/C16H19ClN2O3/c1-9-12(4-3-10(7-18)14(9)17)19-11-5-13(20)16(19,22)8-15(2,21)6-11/h3-4,11,13,20-22H,5-6,8H2,1-2H3/t11-,13?,15+,16+/m1/s1. The van der Waals surface area contributed by atoms with Gasteiger partial charge in [-0.15, -0.1) is 0 Å². The van der Waals surface area contributed by atoms with Gasteiger partial charge in [0.15, 0.2) is 5.72 Å². The molecule has 2 saturated heterocycles. The molecule has 22 heavy (non-hydrogen) atoms. The Morgan fingerprint density at radius 1 is 1.41 bits per heavy atom. The number of nitriles is 1. The predicted molar refractivity (Wildman–Crippen MR) is 82.6 cm³/mol. The van der Waals surface area contributed by atoms with E-state index in [0.29, 0.717) is 34.7 Å². The number of hydrogen-bond acceptors (Lipinski definition) is 5. The fraction of sp³-hybridized carbons (Fsp3) is 0.562. The molecule has 3 N–H and O–H groups in total. The summed E-state index contributed by atoms with van der Waals surface area (Å²) in [6, 6.07) is 5.22. The number of aliphatic hydroxyl groups excluding tert-OH is 1. The Kier molecular flexibility index (Phi) is 3.42. The second-order valence-corrected chi connectivity index (χ2v) is 7.09. The quantitative estimate of drug-likeness (QED) is 0.732. The van der Waals surface area contributed by atoms with Crippen molar-refractivity contribution < 1.29 is 15.3 Å². The zero-order valence-electron chi connectivity index (χ0n) is 12.5. The molecule has 2 aliphatic rings.